The second-order valence-electron chi connectivity index (χ2n) is 4.08. The number of carboxylic acid groups (broad SMARTS) is 1. The summed E-state index contributed by atoms with van der Waals surface area (Å²) in [6, 6.07) is 6.03. The molecule has 0 saturated heterocycles. The van der Waals surface area contributed by atoms with Crippen molar-refractivity contribution >= 4 is 34.2 Å². The lowest BCUT2D eigenvalue weighted by molar-refractivity contribution is -0.139. The average Bonchev–Trinajstić information content (AvgIpc) is 2.82. The Morgan fingerprint density at radius 1 is 1.38 bits per heavy atom. The summed E-state index contributed by atoms with van der Waals surface area (Å²) in [7, 11) is 0. The minimum atomic E-state index is -1.06. The van der Waals surface area contributed by atoms with E-state index in [4.69, 9.17) is 9.84 Å². The number of aromatic nitrogens is 1. The molecular weight excluding hydrogens is 294 g/mol. The van der Waals surface area contributed by atoms with Crippen LogP contribution in [0.15, 0.2) is 29.6 Å². The van der Waals surface area contributed by atoms with Gasteiger partial charge in [0.15, 0.2) is 11.7 Å². The number of carbonyl (C=O) groups is 2. The molecule has 110 valence electrons. The van der Waals surface area contributed by atoms with E-state index in [1.807, 2.05) is 12.3 Å². The van der Waals surface area contributed by atoms with Crippen LogP contribution in [0.1, 0.15) is 5.69 Å². The van der Waals surface area contributed by atoms with E-state index in [-0.39, 0.29) is 0 Å². The number of aliphatic carboxylic acids is 1. The normalized spacial score (nSPS) is 9.95. The van der Waals surface area contributed by atoms with Crippen molar-refractivity contribution in [3.05, 3.63) is 35.3 Å². The first-order chi connectivity index (χ1) is 10.0. The van der Waals surface area contributed by atoms with E-state index in [9.17, 15) is 9.59 Å². The number of urea groups is 1. The maximum Gasteiger partial charge on any atom is 0.341 e. The van der Waals surface area contributed by atoms with Gasteiger partial charge in [0, 0.05) is 17.1 Å². The molecule has 0 atom stereocenters. The molecule has 0 spiro atoms. The number of anilines is 2. The Hall–Kier alpha value is -2.61. The summed E-state index contributed by atoms with van der Waals surface area (Å²) in [5.41, 5.74) is 1.32. The lowest BCUT2D eigenvalue weighted by Gasteiger charge is -2.08. The summed E-state index contributed by atoms with van der Waals surface area (Å²) in [5, 5.41) is 16.1. The Bertz CT molecular complexity index is 656. The quantitative estimate of drug-likeness (QED) is 0.788. The predicted molar refractivity (Wildman–Crippen MR) is 79.1 cm³/mol. The van der Waals surface area contributed by atoms with Crippen molar-refractivity contribution in [1.82, 2.24) is 4.98 Å². The van der Waals surface area contributed by atoms with Crippen molar-refractivity contribution in [2.45, 2.75) is 6.92 Å². The van der Waals surface area contributed by atoms with Crippen LogP contribution in [0.2, 0.25) is 0 Å². The maximum absolute atomic E-state index is 11.8. The standard InChI is InChI=1S/C13H13N3O4S/c1-8-7-21-13(14-8)16-12(19)15-9-3-2-4-10(5-9)20-6-11(17)18/h2-5,7H,6H2,1H3,(H,17,18)(H2,14,15,16,19). The van der Waals surface area contributed by atoms with Crippen LogP contribution in [-0.4, -0.2) is 28.7 Å². The maximum atomic E-state index is 11.8. The molecule has 3 N–H and O–H groups in total. The highest BCUT2D eigenvalue weighted by atomic mass is 32.1. The molecule has 1 aromatic heterocycles. The van der Waals surface area contributed by atoms with Gasteiger partial charge in [-0.05, 0) is 19.1 Å². The number of nitrogens with one attached hydrogen (secondary N) is 2. The SMILES string of the molecule is Cc1csc(NC(=O)Nc2cccc(OCC(=O)O)c2)n1. The van der Waals surface area contributed by atoms with Crippen molar-refractivity contribution < 1.29 is 19.4 Å². The largest absolute Gasteiger partial charge is 0.482 e. The van der Waals surface area contributed by atoms with Gasteiger partial charge in [-0.3, -0.25) is 5.32 Å². The van der Waals surface area contributed by atoms with E-state index in [2.05, 4.69) is 15.6 Å². The highest BCUT2D eigenvalue weighted by Gasteiger charge is 2.06. The average molecular weight is 307 g/mol. The Labute approximate surface area is 124 Å². The monoisotopic (exact) mass is 307 g/mol. The van der Waals surface area contributed by atoms with Crippen LogP contribution in [0.25, 0.3) is 0 Å². The van der Waals surface area contributed by atoms with Gasteiger partial charge in [-0.1, -0.05) is 6.07 Å². The van der Waals surface area contributed by atoms with E-state index in [1.54, 1.807) is 18.2 Å². The molecule has 0 radical (unpaired) electrons. The number of hydrogen-bond donors (Lipinski definition) is 3. The number of ether oxygens (including phenoxy) is 1. The zero-order valence-corrected chi connectivity index (χ0v) is 11.9. The zero-order chi connectivity index (χ0) is 15.2. The molecule has 7 nitrogen and oxygen atoms in total. The van der Waals surface area contributed by atoms with Gasteiger partial charge in [0.2, 0.25) is 0 Å². The molecule has 1 aromatic carbocycles. The van der Waals surface area contributed by atoms with Crippen molar-refractivity contribution in [2.24, 2.45) is 0 Å². The minimum Gasteiger partial charge on any atom is -0.482 e. The molecule has 0 unspecified atom stereocenters. The van der Waals surface area contributed by atoms with Crippen molar-refractivity contribution in [3.63, 3.8) is 0 Å². The van der Waals surface area contributed by atoms with Gasteiger partial charge in [0.1, 0.15) is 5.75 Å². The molecule has 2 amide bonds. The van der Waals surface area contributed by atoms with Crippen LogP contribution in [0.3, 0.4) is 0 Å². The van der Waals surface area contributed by atoms with E-state index < -0.39 is 18.6 Å². The van der Waals surface area contributed by atoms with Gasteiger partial charge in [-0.25, -0.2) is 14.6 Å². The number of nitrogens with zero attached hydrogens (tertiary/aromatic N) is 1. The van der Waals surface area contributed by atoms with E-state index >= 15 is 0 Å². The molecule has 21 heavy (non-hydrogen) atoms. The van der Waals surface area contributed by atoms with Gasteiger partial charge in [-0.2, -0.15) is 0 Å². The van der Waals surface area contributed by atoms with Crippen molar-refractivity contribution in [3.8, 4) is 5.75 Å². The molecule has 0 aliphatic heterocycles. The summed E-state index contributed by atoms with van der Waals surface area (Å²) < 4.78 is 5.03. The molecule has 8 heteroatoms. The third kappa shape index (κ3) is 4.77. The number of hydrogen-bond acceptors (Lipinski definition) is 5. The van der Waals surface area contributed by atoms with Crippen LogP contribution in [-0.2, 0) is 4.79 Å². The predicted octanol–water partition coefficient (Wildman–Crippen LogP) is 2.56. The van der Waals surface area contributed by atoms with E-state index in [0.29, 0.717) is 16.6 Å². The molecule has 0 aliphatic rings. The Balaban J connectivity index is 1.94. The molecule has 0 fully saturated rings. The Kier molecular flexibility index (Phi) is 4.72. The fourth-order valence-electron chi connectivity index (χ4n) is 1.48. The Morgan fingerprint density at radius 3 is 2.86 bits per heavy atom. The van der Waals surface area contributed by atoms with Gasteiger partial charge in [-0.15, -0.1) is 11.3 Å². The molecule has 2 rings (SSSR count). The lowest BCUT2D eigenvalue weighted by Crippen LogP contribution is -2.19. The van der Waals surface area contributed by atoms with Crippen molar-refractivity contribution in [2.75, 3.05) is 17.2 Å². The van der Waals surface area contributed by atoms with E-state index in [1.165, 1.54) is 17.4 Å². The van der Waals surface area contributed by atoms with Crippen molar-refractivity contribution in [1.29, 1.82) is 0 Å². The second kappa shape index (κ2) is 6.71. The zero-order valence-electron chi connectivity index (χ0n) is 11.1. The number of benzene rings is 1. The van der Waals surface area contributed by atoms with Crippen LogP contribution < -0.4 is 15.4 Å². The van der Waals surface area contributed by atoms with E-state index in [0.717, 1.165) is 5.69 Å². The van der Waals surface area contributed by atoms with Gasteiger partial charge in [0.25, 0.3) is 0 Å². The Morgan fingerprint density at radius 2 is 2.19 bits per heavy atom. The highest BCUT2D eigenvalue weighted by Crippen LogP contribution is 2.18. The van der Waals surface area contributed by atoms with Gasteiger partial charge < -0.3 is 15.2 Å². The van der Waals surface area contributed by atoms with Crippen LogP contribution in [0.4, 0.5) is 15.6 Å². The first-order valence-electron chi connectivity index (χ1n) is 5.98. The fourth-order valence-corrected chi connectivity index (χ4v) is 2.16. The van der Waals surface area contributed by atoms with Gasteiger partial charge >= 0.3 is 12.0 Å². The molecule has 1 heterocycles. The molecule has 0 saturated carbocycles. The van der Waals surface area contributed by atoms with Crippen LogP contribution in [0, 0.1) is 6.92 Å². The summed E-state index contributed by atoms with van der Waals surface area (Å²) >= 11 is 1.33. The second-order valence-corrected chi connectivity index (χ2v) is 4.94. The number of carbonyl (C=O) groups excluding carboxylic acids is 1. The molecule has 0 bridgehead atoms. The number of carboxylic acids is 1. The first-order valence-corrected chi connectivity index (χ1v) is 6.85. The third-order valence-electron chi connectivity index (χ3n) is 2.29. The summed E-state index contributed by atoms with van der Waals surface area (Å²) in [6.45, 7) is 1.40. The number of amides is 2. The molecular formula is C13H13N3O4S. The van der Waals surface area contributed by atoms with Crippen LogP contribution >= 0.6 is 11.3 Å². The van der Waals surface area contributed by atoms with Gasteiger partial charge in [0.05, 0.1) is 5.69 Å². The first kappa shape index (κ1) is 14.8. The summed E-state index contributed by atoms with van der Waals surface area (Å²) in [6.07, 6.45) is 0. The fraction of sp³-hybridized carbons (Fsp3) is 0.154. The highest BCUT2D eigenvalue weighted by molar-refractivity contribution is 7.13. The number of thiazole rings is 1. The number of rotatable bonds is 5. The number of aryl methyl sites for hydroxylation is 1. The smallest absolute Gasteiger partial charge is 0.341 e. The van der Waals surface area contributed by atoms with Crippen LogP contribution in [0.5, 0.6) is 5.75 Å². The summed E-state index contributed by atoms with van der Waals surface area (Å²) in [4.78, 5) is 26.3. The molecule has 2 aromatic rings. The lowest BCUT2D eigenvalue weighted by atomic mass is 10.3. The summed E-state index contributed by atoms with van der Waals surface area (Å²) in [5.74, 6) is -0.703. The topological polar surface area (TPSA) is 101 Å². The third-order valence-corrected chi connectivity index (χ3v) is 3.17. The minimum absolute atomic E-state index is 0.361. The molecule has 0 aliphatic carbocycles.